The highest BCUT2D eigenvalue weighted by Crippen LogP contribution is 2.29. The Bertz CT molecular complexity index is 1330. The van der Waals surface area contributed by atoms with E-state index in [0.29, 0.717) is 41.2 Å². The minimum absolute atomic E-state index is 0.0983. The van der Waals surface area contributed by atoms with Gasteiger partial charge in [0.2, 0.25) is 0 Å². The fourth-order valence-electron chi connectivity index (χ4n) is 4.15. The van der Waals surface area contributed by atoms with Gasteiger partial charge in [0, 0.05) is 29.9 Å². The number of oxime groups is 1. The summed E-state index contributed by atoms with van der Waals surface area (Å²) in [5.74, 6) is -0.832. The van der Waals surface area contributed by atoms with E-state index >= 15 is 4.39 Å². The maximum Gasteiger partial charge on any atom is 0.414 e. The van der Waals surface area contributed by atoms with Crippen LogP contribution in [-0.4, -0.2) is 88.7 Å². The number of carbonyl (C=O) groups is 2. The summed E-state index contributed by atoms with van der Waals surface area (Å²) in [4.78, 5) is 37.0. The van der Waals surface area contributed by atoms with E-state index in [9.17, 15) is 9.59 Å². The van der Waals surface area contributed by atoms with Gasteiger partial charge in [0.1, 0.15) is 24.2 Å². The zero-order chi connectivity index (χ0) is 26.6. The van der Waals surface area contributed by atoms with E-state index in [0.717, 1.165) is 0 Å². The number of ether oxygens (including phenoxy) is 2. The van der Waals surface area contributed by atoms with Crippen molar-refractivity contribution in [3.8, 4) is 11.1 Å². The molecule has 1 aromatic carbocycles. The van der Waals surface area contributed by atoms with Gasteiger partial charge in [-0.25, -0.2) is 13.9 Å². The van der Waals surface area contributed by atoms with E-state index in [-0.39, 0.29) is 31.8 Å². The number of hydrogen-bond acceptors (Lipinski definition) is 10. The Balaban J connectivity index is 1.19. The van der Waals surface area contributed by atoms with E-state index in [1.165, 1.54) is 11.0 Å². The molecule has 0 N–H and O–H groups in total. The maximum atomic E-state index is 15.1. The first-order valence-corrected chi connectivity index (χ1v) is 12.0. The van der Waals surface area contributed by atoms with Gasteiger partial charge < -0.3 is 14.3 Å². The molecule has 2 aliphatic heterocycles. The number of hydrogen-bond donors (Lipinski definition) is 0. The molecule has 12 nitrogen and oxygen atoms in total. The average Bonchev–Trinajstić information content (AvgIpc) is 3.65. The summed E-state index contributed by atoms with van der Waals surface area (Å²) in [6.45, 7) is 0.919. The van der Waals surface area contributed by atoms with E-state index in [2.05, 4.69) is 20.5 Å². The summed E-state index contributed by atoms with van der Waals surface area (Å²) < 4.78 is 27.3. The molecule has 38 heavy (non-hydrogen) atoms. The summed E-state index contributed by atoms with van der Waals surface area (Å²) in [6.07, 6.45) is 3.87. The molecular weight excluding hydrogens is 497 g/mol. The van der Waals surface area contributed by atoms with Gasteiger partial charge in [0.05, 0.1) is 37.2 Å². The van der Waals surface area contributed by atoms with Crippen molar-refractivity contribution < 1.29 is 28.3 Å². The van der Waals surface area contributed by atoms with Gasteiger partial charge in [-0.05, 0) is 38.4 Å². The molecule has 2 aliphatic rings. The summed E-state index contributed by atoms with van der Waals surface area (Å²) in [6, 6.07) is 8.05. The number of cyclic esters (lactones) is 1. The Kier molecular flexibility index (Phi) is 7.26. The van der Waals surface area contributed by atoms with Crippen LogP contribution in [0.4, 0.5) is 14.9 Å². The number of carbonyl (C=O) groups excluding carboxylic acids is 2. The van der Waals surface area contributed by atoms with Gasteiger partial charge in [0.25, 0.3) is 0 Å². The Morgan fingerprint density at radius 2 is 2.11 bits per heavy atom. The van der Waals surface area contributed by atoms with Crippen molar-refractivity contribution in [1.82, 2.24) is 24.9 Å². The van der Waals surface area contributed by atoms with Crippen LogP contribution in [0.1, 0.15) is 12.1 Å². The third kappa shape index (κ3) is 5.78. The molecule has 2 unspecified atom stereocenters. The Hall–Kier alpha value is -4.39. The van der Waals surface area contributed by atoms with Crippen LogP contribution in [-0.2, 0) is 25.7 Å². The minimum Gasteiger partial charge on any atom is -0.461 e. The number of amides is 1. The van der Waals surface area contributed by atoms with Crippen LogP contribution in [0.15, 0.2) is 54.1 Å². The predicted octanol–water partition coefficient (Wildman–Crippen LogP) is 2.10. The van der Waals surface area contributed by atoms with E-state index in [1.807, 2.05) is 0 Å². The molecule has 4 heterocycles. The SMILES string of the molecule is CN(C)CC(=O)OCC1CC(c2ccc(-c3ccc(N4CC(Cn5ccnn5)OC4=O)cc3F)cn2)=NO1. The second kappa shape index (κ2) is 10.9. The number of halogens is 1. The first-order valence-electron chi connectivity index (χ1n) is 12.0. The van der Waals surface area contributed by atoms with E-state index < -0.39 is 18.0 Å². The van der Waals surface area contributed by atoms with Gasteiger partial charge in [0.15, 0.2) is 6.10 Å². The lowest BCUT2D eigenvalue weighted by Crippen LogP contribution is -2.27. The van der Waals surface area contributed by atoms with Gasteiger partial charge in [-0.1, -0.05) is 16.4 Å². The van der Waals surface area contributed by atoms with Crippen LogP contribution >= 0.6 is 0 Å². The number of rotatable bonds is 9. The van der Waals surface area contributed by atoms with Crippen LogP contribution in [0.25, 0.3) is 11.1 Å². The van der Waals surface area contributed by atoms with E-state index in [4.69, 9.17) is 14.3 Å². The summed E-state index contributed by atoms with van der Waals surface area (Å²) in [7, 11) is 3.57. The molecule has 0 radical (unpaired) electrons. The third-order valence-electron chi connectivity index (χ3n) is 5.98. The lowest BCUT2D eigenvalue weighted by molar-refractivity contribution is -0.147. The Morgan fingerprint density at radius 1 is 1.24 bits per heavy atom. The summed E-state index contributed by atoms with van der Waals surface area (Å²) >= 11 is 0. The van der Waals surface area contributed by atoms with Crippen molar-refractivity contribution in [2.24, 2.45) is 5.16 Å². The zero-order valence-corrected chi connectivity index (χ0v) is 20.9. The fraction of sp³-hybridized carbons (Fsp3) is 0.360. The molecule has 1 saturated heterocycles. The maximum absolute atomic E-state index is 15.1. The highest BCUT2D eigenvalue weighted by molar-refractivity contribution is 5.99. The Morgan fingerprint density at radius 3 is 2.82 bits per heavy atom. The molecule has 0 saturated carbocycles. The molecule has 13 heteroatoms. The van der Waals surface area contributed by atoms with Gasteiger partial charge in [-0.2, -0.15) is 0 Å². The lowest BCUT2D eigenvalue weighted by atomic mass is 10.0. The van der Waals surface area contributed by atoms with Crippen molar-refractivity contribution in [2.75, 3.05) is 38.7 Å². The molecule has 1 amide bonds. The number of pyridine rings is 1. The summed E-state index contributed by atoms with van der Waals surface area (Å²) in [5, 5.41) is 11.7. The highest BCUT2D eigenvalue weighted by Gasteiger charge is 2.33. The van der Waals surface area contributed by atoms with Crippen molar-refractivity contribution in [2.45, 2.75) is 25.2 Å². The number of likely N-dealkylation sites (N-methyl/N-ethyl adjacent to an activating group) is 1. The monoisotopic (exact) mass is 523 g/mol. The van der Waals surface area contributed by atoms with Crippen LogP contribution in [0, 0.1) is 5.82 Å². The van der Waals surface area contributed by atoms with Gasteiger partial charge in [-0.3, -0.25) is 19.6 Å². The number of esters is 1. The molecule has 198 valence electrons. The quantitative estimate of drug-likeness (QED) is 0.388. The number of aromatic nitrogens is 4. The summed E-state index contributed by atoms with van der Waals surface area (Å²) in [5.41, 5.74) is 2.52. The fourth-order valence-corrected chi connectivity index (χ4v) is 4.15. The largest absolute Gasteiger partial charge is 0.461 e. The molecule has 1 fully saturated rings. The molecule has 0 bridgehead atoms. The second-order valence-electron chi connectivity index (χ2n) is 9.23. The van der Waals surface area contributed by atoms with Crippen molar-refractivity contribution >= 4 is 23.5 Å². The van der Waals surface area contributed by atoms with Crippen molar-refractivity contribution in [3.63, 3.8) is 0 Å². The van der Waals surface area contributed by atoms with Crippen LogP contribution in [0.3, 0.4) is 0 Å². The standard InChI is InChI=1S/C25H26FN7O5/c1-31(2)14-24(34)36-15-18-10-23(29-38-18)22-6-3-16(11-27-22)20-5-4-17(9-21(20)26)33-13-19(37-25(33)35)12-32-8-7-28-30-32/h3-9,11,18-19H,10,12-15H2,1-2H3. The second-order valence-corrected chi connectivity index (χ2v) is 9.23. The highest BCUT2D eigenvalue weighted by atomic mass is 19.1. The van der Waals surface area contributed by atoms with Crippen LogP contribution < -0.4 is 4.90 Å². The molecule has 0 spiro atoms. The van der Waals surface area contributed by atoms with Crippen LogP contribution in [0.5, 0.6) is 0 Å². The zero-order valence-electron chi connectivity index (χ0n) is 20.9. The number of anilines is 1. The molecule has 5 rings (SSSR count). The topological polar surface area (TPSA) is 124 Å². The van der Waals surface area contributed by atoms with Crippen molar-refractivity contribution in [3.05, 3.63) is 60.4 Å². The van der Waals surface area contributed by atoms with E-state index in [1.54, 1.807) is 66.5 Å². The lowest BCUT2D eigenvalue weighted by Gasteiger charge is -2.14. The van der Waals surface area contributed by atoms with Gasteiger partial charge in [-0.15, -0.1) is 5.10 Å². The first kappa shape index (κ1) is 25.3. The van der Waals surface area contributed by atoms with Crippen LogP contribution in [0.2, 0.25) is 0 Å². The first-order chi connectivity index (χ1) is 18.4. The molecule has 2 aromatic heterocycles. The number of benzene rings is 1. The normalized spacial score (nSPS) is 18.9. The average molecular weight is 524 g/mol. The smallest absolute Gasteiger partial charge is 0.414 e. The van der Waals surface area contributed by atoms with Gasteiger partial charge >= 0.3 is 12.1 Å². The molecule has 0 aliphatic carbocycles. The minimum atomic E-state index is -0.543. The molecule has 2 atom stereocenters. The Labute approximate surface area is 217 Å². The molecular formula is C25H26FN7O5. The third-order valence-corrected chi connectivity index (χ3v) is 5.98. The number of nitrogens with zero attached hydrogens (tertiary/aromatic N) is 7. The van der Waals surface area contributed by atoms with Crippen molar-refractivity contribution in [1.29, 1.82) is 0 Å². The predicted molar refractivity (Wildman–Crippen MR) is 133 cm³/mol. The molecule has 3 aromatic rings.